The van der Waals surface area contributed by atoms with Crippen molar-refractivity contribution in [3.05, 3.63) is 59.4 Å². The van der Waals surface area contributed by atoms with Crippen LogP contribution >= 0.6 is 0 Å². The molecule has 0 spiro atoms. The minimum atomic E-state index is -0.235. The summed E-state index contributed by atoms with van der Waals surface area (Å²) in [7, 11) is 3.41. The summed E-state index contributed by atoms with van der Waals surface area (Å²) >= 11 is 0. The Bertz CT molecular complexity index is 797. The molecule has 138 valence electrons. The molecule has 2 aromatic rings. The Hall–Kier alpha value is -2.60. The van der Waals surface area contributed by atoms with Crippen molar-refractivity contribution in [2.75, 3.05) is 27.2 Å². The van der Waals surface area contributed by atoms with Crippen LogP contribution in [0, 0.1) is 6.92 Å². The van der Waals surface area contributed by atoms with Gasteiger partial charge in [-0.1, -0.05) is 17.7 Å². The Balaban J connectivity index is 1.79. The lowest BCUT2D eigenvalue weighted by molar-refractivity contribution is -0.136. The van der Waals surface area contributed by atoms with Crippen LogP contribution in [-0.4, -0.2) is 59.5 Å². The van der Waals surface area contributed by atoms with Crippen LogP contribution in [0.3, 0.4) is 0 Å². The molecule has 1 atom stereocenters. The lowest BCUT2D eigenvalue weighted by atomic mass is 10.1. The predicted octanol–water partition coefficient (Wildman–Crippen LogP) is 1.93. The van der Waals surface area contributed by atoms with Gasteiger partial charge in [-0.3, -0.25) is 9.59 Å². The number of hydrogen-bond acceptors (Lipinski definition) is 3. The van der Waals surface area contributed by atoms with Crippen LogP contribution in [0.2, 0.25) is 0 Å². The molecule has 0 fully saturated rings. The van der Waals surface area contributed by atoms with Gasteiger partial charge >= 0.3 is 0 Å². The first kappa shape index (κ1) is 18.2. The largest absolute Gasteiger partial charge is 0.365 e. The van der Waals surface area contributed by atoms with E-state index in [1.165, 1.54) is 4.90 Å². The minimum Gasteiger partial charge on any atom is -0.365 e. The van der Waals surface area contributed by atoms with Crippen molar-refractivity contribution in [1.29, 1.82) is 0 Å². The third kappa shape index (κ3) is 4.14. The summed E-state index contributed by atoms with van der Waals surface area (Å²) in [6, 6.07) is 11.6. The zero-order valence-corrected chi connectivity index (χ0v) is 15.5. The first-order valence-electron chi connectivity index (χ1n) is 8.76. The number of aromatic nitrogens is 1. The number of benzene rings is 1. The maximum absolute atomic E-state index is 13.0. The molecule has 0 saturated carbocycles. The van der Waals surface area contributed by atoms with Gasteiger partial charge in [-0.2, -0.15) is 0 Å². The van der Waals surface area contributed by atoms with Gasteiger partial charge in [0.1, 0.15) is 6.61 Å². The molecule has 0 saturated heterocycles. The highest BCUT2D eigenvalue weighted by atomic mass is 16.5. The van der Waals surface area contributed by atoms with Gasteiger partial charge < -0.3 is 19.1 Å². The van der Waals surface area contributed by atoms with E-state index in [9.17, 15) is 9.59 Å². The fourth-order valence-corrected chi connectivity index (χ4v) is 3.09. The Kier molecular flexibility index (Phi) is 5.42. The van der Waals surface area contributed by atoms with Crippen LogP contribution in [-0.2, 0) is 22.6 Å². The fourth-order valence-electron chi connectivity index (χ4n) is 3.09. The van der Waals surface area contributed by atoms with Gasteiger partial charge in [0.15, 0.2) is 0 Å². The molecule has 1 aliphatic heterocycles. The molecule has 0 unspecified atom stereocenters. The quantitative estimate of drug-likeness (QED) is 0.842. The Morgan fingerprint density at radius 2 is 2.00 bits per heavy atom. The first-order valence-corrected chi connectivity index (χ1v) is 8.76. The second-order valence-electron chi connectivity index (χ2n) is 6.93. The van der Waals surface area contributed by atoms with Gasteiger partial charge in [-0.15, -0.1) is 0 Å². The topological polar surface area (TPSA) is 54.8 Å². The summed E-state index contributed by atoms with van der Waals surface area (Å²) in [5.74, 6) is -0.102. The van der Waals surface area contributed by atoms with Gasteiger partial charge in [-0.05, 0) is 31.2 Å². The maximum atomic E-state index is 13.0. The number of rotatable bonds is 4. The number of carbonyl (C=O) groups excluding carboxylic acids is 2. The smallest absolute Gasteiger partial charge is 0.254 e. The predicted molar refractivity (Wildman–Crippen MR) is 98.8 cm³/mol. The Morgan fingerprint density at radius 1 is 1.19 bits per heavy atom. The number of aryl methyl sites for hydroxylation is 1. The summed E-state index contributed by atoms with van der Waals surface area (Å²) in [6.45, 7) is 3.60. The normalized spacial score (nSPS) is 16.7. The van der Waals surface area contributed by atoms with E-state index < -0.39 is 0 Å². The highest BCUT2D eigenvalue weighted by molar-refractivity contribution is 5.94. The number of amides is 2. The summed E-state index contributed by atoms with van der Waals surface area (Å²) < 4.78 is 7.94. The molecule has 0 aliphatic carbocycles. The van der Waals surface area contributed by atoms with E-state index >= 15 is 0 Å². The van der Waals surface area contributed by atoms with E-state index in [4.69, 9.17) is 4.74 Å². The van der Waals surface area contributed by atoms with Crippen LogP contribution < -0.4 is 0 Å². The maximum Gasteiger partial charge on any atom is 0.254 e. The molecule has 1 aliphatic rings. The van der Waals surface area contributed by atoms with Crippen LogP contribution in [0.15, 0.2) is 42.6 Å². The molecule has 1 aromatic carbocycles. The molecule has 2 amide bonds. The van der Waals surface area contributed by atoms with Gasteiger partial charge in [0.25, 0.3) is 5.91 Å². The molecule has 2 heterocycles. The van der Waals surface area contributed by atoms with E-state index in [0.29, 0.717) is 25.2 Å². The van der Waals surface area contributed by atoms with Crippen molar-refractivity contribution in [2.45, 2.75) is 26.1 Å². The second-order valence-corrected chi connectivity index (χ2v) is 6.93. The molecule has 0 bridgehead atoms. The molecule has 1 aromatic heterocycles. The zero-order valence-electron chi connectivity index (χ0n) is 15.5. The monoisotopic (exact) mass is 355 g/mol. The SMILES string of the molecule is Cc1cccc(C(=O)N2Cc3cccn3C[C@H](OCC(=O)N(C)C)C2)c1. The molecular formula is C20H25N3O3. The van der Waals surface area contributed by atoms with Gasteiger partial charge in [0.2, 0.25) is 5.91 Å². The number of fused-ring (bicyclic) bond motifs is 1. The summed E-state index contributed by atoms with van der Waals surface area (Å²) in [5, 5.41) is 0. The average Bonchev–Trinajstić information content (AvgIpc) is 2.97. The molecule has 26 heavy (non-hydrogen) atoms. The lowest BCUT2D eigenvalue weighted by Gasteiger charge is -2.25. The molecule has 0 radical (unpaired) electrons. The van der Waals surface area contributed by atoms with Gasteiger partial charge in [0, 0.05) is 38.1 Å². The number of hydrogen-bond donors (Lipinski definition) is 0. The first-order chi connectivity index (χ1) is 12.4. The van der Waals surface area contributed by atoms with Crippen LogP contribution in [0.4, 0.5) is 0 Å². The van der Waals surface area contributed by atoms with Crippen LogP contribution in [0.25, 0.3) is 0 Å². The van der Waals surface area contributed by atoms with Gasteiger partial charge in [0.05, 0.1) is 19.2 Å². The van der Waals surface area contributed by atoms with E-state index in [1.54, 1.807) is 19.0 Å². The van der Waals surface area contributed by atoms with Crippen molar-refractivity contribution in [1.82, 2.24) is 14.4 Å². The summed E-state index contributed by atoms with van der Waals surface area (Å²) in [4.78, 5) is 28.2. The highest BCUT2D eigenvalue weighted by Gasteiger charge is 2.26. The third-order valence-electron chi connectivity index (χ3n) is 4.59. The average molecular weight is 355 g/mol. The lowest BCUT2D eigenvalue weighted by Crippen LogP contribution is -2.39. The second kappa shape index (κ2) is 7.74. The van der Waals surface area contributed by atoms with Crippen molar-refractivity contribution < 1.29 is 14.3 Å². The number of carbonyl (C=O) groups is 2. The number of ether oxygens (including phenoxy) is 1. The van der Waals surface area contributed by atoms with Crippen molar-refractivity contribution in [3.63, 3.8) is 0 Å². The van der Waals surface area contributed by atoms with Gasteiger partial charge in [-0.25, -0.2) is 0 Å². The molecule has 0 N–H and O–H groups in total. The Morgan fingerprint density at radius 3 is 2.73 bits per heavy atom. The molecule has 6 heteroatoms. The number of nitrogens with zero attached hydrogens (tertiary/aromatic N) is 3. The van der Waals surface area contributed by atoms with E-state index in [2.05, 4.69) is 4.57 Å². The van der Waals surface area contributed by atoms with Crippen molar-refractivity contribution >= 4 is 11.8 Å². The summed E-state index contributed by atoms with van der Waals surface area (Å²) in [6.07, 6.45) is 1.75. The zero-order chi connectivity index (χ0) is 18.7. The van der Waals surface area contributed by atoms with Crippen LogP contribution in [0.5, 0.6) is 0 Å². The molecule has 6 nitrogen and oxygen atoms in total. The molecule has 3 rings (SSSR count). The van der Waals surface area contributed by atoms with Crippen LogP contribution in [0.1, 0.15) is 21.6 Å². The third-order valence-corrected chi connectivity index (χ3v) is 4.59. The number of likely N-dealkylation sites (N-methyl/N-ethyl adjacent to an activating group) is 1. The van der Waals surface area contributed by atoms with E-state index in [1.807, 2.05) is 49.5 Å². The van der Waals surface area contributed by atoms with Crippen molar-refractivity contribution in [3.8, 4) is 0 Å². The van der Waals surface area contributed by atoms with Crippen molar-refractivity contribution in [2.24, 2.45) is 0 Å². The standard InChI is InChI=1S/C20H25N3O3/c1-15-6-4-7-16(10-15)20(25)23-11-17-8-5-9-22(17)12-18(13-23)26-14-19(24)21(2)3/h4-10,18H,11-14H2,1-3H3/t18-/m0/s1. The fraction of sp³-hybridized carbons (Fsp3) is 0.400. The van der Waals surface area contributed by atoms with E-state index in [0.717, 1.165) is 11.3 Å². The highest BCUT2D eigenvalue weighted by Crippen LogP contribution is 2.18. The minimum absolute atomic E-state index is 0.0146. The Labute approximate surface area is 154 Å². The molecular weight excluding hydrogens is 330 g/mol. The summed E-state index contributed by atoms with van der Waals surface area (Å²) in [5.41, 5.74) is 2.79. The van der Waals surface area contributed by atoms with E-state index in [-0.39, 0.29) is 24.5 Å².